The van der Waals surface area contributed by atoms with Crippen LogP contribution in [0.3, 0.4) is 0 Å². The van der Waals surface area contributed by atoms with Crippen LogP contribution in [0, 0.1) is 0 Å². The first kappa shape index (κ1) is 30.6. The number of nitrogens with one attached hydrogen (secondary N) is 2. The number of benzene rings is 2. The van der Waals surface area contributed by atoms with E-state index in [1.165, 1.54) is 12.0 Å². The smallest absolute Gasteiger partial charge is 0.242 e. The van der Waals surface area contributed by atoms with Crippen LogP contribution in [0.1, 0.15) is 24.0 Å². The average Bonchev–Trinajstić information content (AvgIpc) is 2.93. The fourth-order valence-corrected chi connectivity index (χ4v) is 3.89. The summed E-state index contributed by atoms with van der Waals surface area (Å²) in [6, 6.07) is 13.0. The predicted molar refractivity (Wildman–Crippen MR) is 145 cm³/mol. The summed E-state index contributed by atoms with van der Waals surface area (Å²) in [7, 11) is 3.08. The highest BCUT2D eigenvalue weighted by Gasteiger charge is 2.26. The number of nitrogens with zero attached hydrogens (tertiary/aromatic N) is 1. The molecule has 0 saturated carbocycles. The van der Waals surface area contributed by atoms with E-state index in [0.29, 0.717) is 37.4 Å². The molecule has 0 aliphatic rings. The molecule has 0 saturated heterocycles. The number of methoxy groups -OCH3 is 2. The molecular formula is C27H40N6O5. The zero-order valence-corrected chi connectivity index (χ0v) is 22.2. The third-order valence-corrected chi connectivity index (χ3v) is 5.99. The number of ether oxygens (including phenoxy) is 2. The maximum atomic E-state index is 13.1. The van der Waals surface area contributed by atoms with Crippen LogP contribution >= 0.6 is 0 Å². The summed E-state index contributed by atoms with van der Waals surface area (Å²) in [6.45, 7) is 1.41. The zero-order chi connectivity index (χ0) is 27.9. The van der Waals surface area contributed by atoms with Crippen LogP contribution in [0.5, 0.6) is 11.5 Å². The van der Waals surface area contributed by atoms with Gasteiger partial charge in [0.2, 0.25) is 17.7 Å². The Morgan fingerprint density at radius 1 is 0.895 bits per heavy atom. The third kappa shape index (κ3) is 9.66. The van der Waals surface area contributed by atoms with Gasteiger partial charge in [0, 0.05) is 32.7 Å². The maximum Gasteiger partial charge on any atom is 0.242 e. The van der Waals surface area contributed by atoms with Crippen LogP contribution in [-0.4, -0.2) is 75.1 Å². The molecule has 11 heteroatoms. The maximum absolute atomic E-state index is 13.1. The van der Waals surface area contributed by atoms with Crippen molar-refractivity contribution in [2.45, 2.75) is 37.9 Å². The lowest BCUT2D eigenvalue weighted by Gasteiger charge is -2.24. The Morgan fingerprint density at radius 2 is 1.55 bits per heavy atom. The van der Waals surface area contributed by atoms with E-state index in [0.717, 1.165) is 11.1 Å². The minimum Gasteiger partial charge on any atom is -0.493 e. The van der Waals surface area contributed by atoms with Gasteiger partial charge in [-0.3, -0.25) is 14.4 Å². The molecule has 0 spiro atoms. The Hall–Kier alpha value is -3.67. The summed E-state index contributed by atoms with van der Waals surface area (Å²) in [4.78, 5) is 40.1. The molecule has 208 valence electrons. The Balaban J connectivity index is 2.07. The lowest BCUT2D eigenvalue weighted by Crippen LogP contribution is -2.53. The van der Waals surface area contributed by atoms with E-state index in [4.69, 9.17) is 26.7 Å². The topological polar surface area (TPSA) is 175 Å². The summed E-state index contributed by atoms with van der Waals surface area (Å²) in [5.41, 5.74) is 19.0. The number of hydrogen-bond donors (Lipinski definition) is 5. The van der Waals surface area contributed by atoms with Crippen molar-refractivity contribution < 1.29 is 23.9 Å². The summed E-state index contributed by atoms with van der Waals surface area (Å²) in [5, 5.41) is 5.60. The highest BCUT2D eigenvalue weighted by molar-refractivity contribution is 5.92. The molecule has 0 aliphatic heterocycles. The number of aryl methyl sites for hydroxylation is 1. The Labute approximate surface area is 224 Å². The molecule has 11 nitrogen and oxygen atoms in total. The van der Waals surface area contributed by atoms with Crippen molar-refractivity contribution in [3.05, 3.63) is 59.7 Å². The molecule has 0 aliphatic carbocycles. The SMILES string of the molecule is COc1ccc(CNC(=O)C(CCc2ccccc2)NC(=O)C(N)CC(=O)N(CCN)CCN)cc1OC. The molecule has 0 aromatic heterocycles. The van der Waals surface area contributed by atoms with Gasteiger partial charge in [-0.25, -0.2) is 0 Å². The molecule has 0 radical (unpaired) electrons. The van der Waals surface area contributed by atoms with E-state index < -0.39 is 18.0 Å². The first-order chi connectivity index (χ1) is 18.3. The highest BCUT2D eigenvalue weighted by atomic mass is 16.5. The first-order valence-electron chi connectivity index (χ1n) is 12.6. The standard InChI is InChI=1S/C27H40N6O5/c1-37-23-11-9-20(16-24(23)38-2)18-31-27(36)22(10-8-19-6-4-3-5-7-19)32-26(35)21(30)17-25(34)33(14-12-28)15-13-29/h3-7,9,11,16,21-22H,8,10,12-15,17-18,28-30H2,1-2H3,(H,31,36)(H,32,35). The summed E-state index contributed by atoms with van der Waals surface area (Å²) >= 11 is 0. The predicted octanol–water partition coefficient (Wildman–Crippen LogP) is -0.0990. The summed E-state index contributed by atoms with van der Waals surface area (Å²) < 4.78 is 10.6. The lowest BCUT2D eigenvalue weighted by atomic mass is 10.0. The minimum atomic E-state index is -1.13. The van der Waals surface area contributed by atoms with Gasteiger partial charge in [-0.05, 0) is 36.1 Å². The molecular weight excluding hydrogens is 488 g/mol. The summed E-state index contributed by atoms with van der Waals surface area (Å²) in [5.74, 6) is -0.145. The third-order valence-electron chi connectivity index (χ3n) is 5.99. The van der Waals surface area contributed by atoms with Crippen molar-refractivity contribution in [1.29, 1.82) is 0 Å². The monoisotopic (exact) mass is 528 g/mol. The number of carbonyl (C=O) groups is 3. The van der Waals surface area contributed by atoms with Crippen molar-refractivity contribution in [3.8, 4) is 11.5 Å². The summed E-state index contributed by atoms with van der Waals surface area (Å²) in [6.07, 6.45) is 0.690. The molecule has 2 unspecified atom stereocenters. The second-order valence-corrected chi connectivity index (χ2v) is 8.76. The zero-order valence-electron chi connectivity index (χ0n) is 22.2. The largest absolute Gasteiger partial charge is 0.493 e. The van der Waals surface area contributed by atoms with E-state index in [2.05, 4.69) is 10.6 Å². The van der Waals surface area contributed by atoms with Gasteiger partial charge in [-0.2, -0.15) is 0 Å². The van der Waals surface area contributed by atoms with Crippen molar-refractivity contribution in [2.24, 2.45) is 17.2 Å². The van der Waals surface area contributed by atoms with Gasteiger partial charge in [0.25, 0.3) is 0 Å². The fourth-order valence-electron chi connectivity index (χ4n) is 3.89. The molecule has 2 rings (SSSR count). The van der Waals surface area contributed by atoms with Crippen molar-refractivity contribution >= 4 is 17.7 Å². The van der Waals surface area contributed by atoms with Gasteiger partial charge in [-0.15, -0.1) is 0 Å². The van der Waals surface area contributed by atoms with Crippen molar-refractivity contribution in [1.82, 2.24) is 15.5 Å². The van der Waals surface area contributed by atoms with Gasteiger partial charge in [0.15, 0.2) is 11.5 Å². The van der Waals surface area contributed by atoms with Crippen molar-refractivity contribution in [3.63, 3.8) is 0 Å². The Kier molecular flexibility index (Phi) is 13.0. The Morgan fingerprint density at radius 3 is 2.16 bits per heavy atom. The minimum absolute atomic E-state index is 0.217. The molecule has 8 N–H and O–H groups in total. The van der Waals surface area contributed by atoms with E-state index in [1.54, 1.807) is 19.2 Å². The Bertz CT molecular complexity index is 1030. The van der Waals surface area contributed by atoms with Crippen molar-refractivity contribution in [2.75, 3.05) is 40.4 Å². The molecule has 0 heterocycles. The van der Waals surface area contributed by atoms with Gasteiger partial charge in [0.05, 0.1) is 26.7 Å². The highest BCUT2D eigenvalue weighted by Crippen LogP contribution is 2.27. The van der Waals surface area contributed by atoms with E-state index in [9.17, 15) is 14.4 Å². The quantitative estimate of drug-likeness (QED) is 0.201. The van der Waals surface area contributed by atoms with Crippen LogP contribution in [0.4, 0.5) is 0 Å². The van der Waals surface area contributed by atoms with Gasteiger partial charge in [-0.1, -0.05) is 36.4 Å². The molecule has 2 aromatic carbocycles. The average molecular weight is 529 g/mol. The molecule has 0 fully saturated rings. The normalized spacial score (nSPS) is 12.2. The number of nitrogens with two attached hydrogens (primary N) is 3. The molecule has 3 amide bonds. The van der Waals surface area contributed by atoms with Crippen LogP contribution in [0.15, 0.2) is 48.5 Å². The van der Waals surface area contributed by atoms with E-state index in [-0.39, 0.29) is 37.9 Å². The number of carbonyl (C=O) groups excluding carboxylic acids is 3. The molecule has 2 aromatic rings. The number of rotatable bonds is 16. The second kappa shape index (κ2) is 16.2. The van der Waals surface area contributed by atoms with Gasteiger partial charge < -0.3 is 42.2 Å². The van der Waals surface area contributed by atoms with Crippen LogP contribution < -0.4 is 37.3 Å². The fraction of sp³-hybridized carbons (Fsp3) is 0.444. The van der Waals surface area contributed by atoms with Gasteiger partial charge in [0.1, 0.15) is 6.04 Å². The second-order valence-electron chi connectivity index (χ2n) is 8.76. The number of hydrogen-bond acceptors (Lipinski definition) is 8. The number of amides is 3. The van der Waals surface area contributed by atoms with E-state index >= 15 is 0 Å². The molecule has 38 heavy (non-hydrogen) atoms. The first-order valence-corrected chi connectivity index (χ1v) is 12.6. The molecule has 0 bridgehead atoms. The lowest BCUT2D eigenvalue weighted by molar-refractivity contribution is -0.135. The van der Waals surface area contributed by atoms with Gasteiger partial charge >= 0.3 is 0 Å². The van der Waals surface area contributed by atoms with Crippen LogP contribution in [0.2, 0.25) is 0 Å². The molecule has 2 atom stereocenters. The van der Waals surface area contributed by atoms with Crippen LogP contribution in [0.25, 0.3) is 0 Å². The van der Waals surface area contributed by atoms with Crippen LogP contribution in [-0.2, 0) is 27.3 Å². The van der Waals surface area contributed by atoms with E-state index in [1.807, 2.05) is 36.4 Å².